The fraction of sp³-hybridized carbons (Fsp3) is 0.571. The molecule has 1 heterocycles. The lowest BCUT2D eigenvalue weighted by atomic mass is 9.96. The summed E-state index contributed by atoms with van der Waals surface area (Å²) in [5.74, 6) is -0.182. The van der Waals surface area contributed by atoms with Crippen molar-refractivity contribution in [3.05, 3.63) is 24.0 Å². The van der Waals surface area contributed by atoms with Gasteiger partial charge in [-0.3, -0.25) is 0 Å². The molecular weight excluding hydrogens is 244 g/mol. The van der Waals surface area contributed by atoms with Gasteiger partial charge in [0.2, 0.25) is 0 Å². The van der Waals surface area contributed by atoms with Crippen LogP contribution in [-0.4, -0.2) is 35.8 Å². The summed E-state index contributed by atoms with van der Waals surface area (Å²) in [7, 11) is 1.32. The Morgan fingerprint density at radius 3 is 2.74 bits per heavy atom. The molecule has 1 aromatic rings. The van der Waals surface area contributed by atoms with Crippen molar-refractivity contribution in [3.63, 3.8) is 0 Å². The Kier molecular flexibility index (Phi) is 6.29. The number of methoxy groups -OCH3 is 1. The standard InChI is InChI=1S/C14H22N2O3/c1-4-10(5-2)13(17)9-16-11-6-7-15-12(8-11)14(18)19-3/h6-8,10,13,17H,4-5,9H2,1-3H3,(H,15,16). The fourth-order valence-corrected chi connectivity index (χ4v) is 1.98. The lowest BCUT2D eigenvalue weighted by Gasteiger charge is -2.20. The maximum absolute atomic E-state index is 11.3. The van der Waals surface area contributed by atoms with Crippen LogP contribution in [0.3, 0.4) is 0 Å². The molecule has 1 rings (SSSR count). The molecule has 2 N–H and O–H groups in total. The average molecular weight is 266 g/mol. The third-order valence-corrected chi connectivity index (χ3v) is 3.26. The van der Waals surface area contributed by atoms with Gasteiger partial charge in [0, 0.05) is 18.4 Å². The maximum atomic E-state index is 11.3. The highest BCUT2D eigenvalue weighted by atomic mass is 16.5. The lowest BCUT2D eigenvalue weighted by molar-refractivity contribution is 0.0594. The van der Waals surface area contributed by atoms with Gasteiger partial charge in [0.15, 0.2) is 0 Å². The van der Waals surface area contributed by atoms with Crippen molar-refractivity contribution in [2.75, 3.05) is 19.0 Å². The Morgan fingerprint density at radius 2 is 2.16 bits per heavy atom. The largest absolute Gasteiger partial charge is 0.464 e. The van der Waals surface area contributed by atoms with Crippen LogP contribution in [0.1, 0.15) is 37.2 Å². The van der Waals surface area contributed by atoms with E-state index in [9.17, 15) is 9.90 Å². The first kappa shape index (κ1) is 15.4. The number of carbonyl (C=O) groups excluding carboxylic acids is 1. The highest BCUT2D eigenvalue weighted by Crippen LogP contribution is 2.15. The molecular formula is C14H22N2O3. The molecule has 0 aromatic carbocycles. The molecule has 0 saturated heterocycles. The number of esters is 1. The first-order valence-corrected chi connectivity index (χ1v) is 6.58. The van der Waals surface area contributed by atoms with Crippen LogP contribution < -0.4 is 5.32 Å². The average Bonchev–Trinajstić information content (AvgIpc) is 2.45. The molecule has 5 nitrogen and oxygen atoms in total. The number of hydrogen-bond acceptors (Lipinski definition) is 5. The number of nitrogens with zero attached hydrogens (tertiary/aromatic N) is 1. The summed E-state index contributed by atoms with van der Waals surface area (Å²) in [5, 5.41) is 13.1. The number of nitrogens with one attached hydrogen (secondary N) is 1. The van der Waals surface area contributed by atoms with Crippen LogP contribution in [0.2, 0.25) is 0 Å². The van der Waals surface area contributed by atoms with Crippen molar-refractivity contribution in [2.24, 2.45) is 5.92 Å². The summed E-state index contributed by atoms with van der Waals surface area (Å²) < 4.78 is 4.61. The Bertz CT molecular complexity index is 405. The summed E-state index contributed by atoms with van der Waals surface area (Å²) in [6, 6.07) is 3.37. The minimum Gasteiger partial charge on any atom is -0.464 e. The monoisotopic (exact) mass is 266 g/mol. The van der Waals surface area contributed by atoms with E-state index >= 15 is 0 Å². The van der Waals surface area contributed by atoms with E-state index in [1.54, 1.807) is 12.1 Å². The number of aliphatic hydroxyl groups excluding tert-OH is 1. The third kappa shape index (κ3) is 4.52. The highest BCUT2D eigenvalue weighted by Gasteiger charge is 2.15. The van der Waals surface area contributed by atoms with Gasteiger partial charge in [-0.15, -0.1) is 0 Å². The van der Waals surface area contributed by atoms with Gasteiger partial charge in [-0.05, 0) is 18.1 Å². The van der Waals surface area contributed by atoms with Crippen LogP contribution in [0.25, 0.3) is 0 Å². The number of aliphatic hydroxyl groups is 1. The smallest absolute Gasteiger partial charge is 0.356 e. The molecule has 0 amide bonds. The van der Waals surface area contributed by atoms with Crippen LogP contribution in [0.15, 0.2) is 18.3 Å². The van der Waals surface area contributed by atoms with Gasteiger partial charge in [0.05, 0.1) is 13.2 Å². The summed E-state index contributed by atoms with van der Waals surface area (Å²) in [5.41, 5.74) is 1.00. The van der Waals surface area contributed by atoms with Crippen LogP contribution >= 0.6 is 0 Å². The van der Waals surface area contributed by atoms with Crippen molar-refractivity contribution in [1.29, 1.82) is 0 Å². The van der Waals surface area contributed by atoms with Crippen molar-refractivity contribution in [2.45, 2.75) is 32.8 Å². The molecule has 1 unspecified atom stereocenters. The van der Waals surface area contributed by atoms with Crippen LogP contribution in [0, 0.1) is 5.92 Å². The zero-order valence-electron chi connectivity index (χ0n) is 11.7. The van der Waals surface area contributed by atoms with Gasteiger partial charge < -0.3 is 15.2 Å². The van der Waals surface area contributed by atoms with Crippen molar-refractivity contribution < 1.29 is 14.6 Å². The molecule has 1 atom stereocenters. The minimum atomic E-state index is -0.468. The lowest BCUT2D eigenvalue weighted by Crippen LogP contribution is -2.27. The topological polar surface area (TPSA) is 71.5 Å². The number of carbonyl (C=O) groups is 1. The van der Waals surface area contributed by atoms with Crippen LogP contribution in [0.4, 0.5) is 5.69 Å². The fourth-order valence-electron chi connectivity index (χ4n) is 1.98. The van der Waals surface area contributed by atoms with Gasteiger partial charge in [0.1, 0.15) is 5.69 Å². The molecule has 0 aliphatic carbocycles. The van der Waals surface area contributed by atoms with E-state index < -0.39 is 12.1 Å². The molecule has 5 heteroatoms. The number of pyridine rings is 1. The van der Waals surface area contributed by atoms with Gasteiger partial charge in [-0.2, -0.15) is 0 Å². The van der Waals surface area contributed by atoms with Gasteiger partial charge >= 0.3 is 5.97 Å². The Morgan fingerprint density at radius 1 is 1.47 bits per heavy atom. The molecule has 19 heavy (non-hydrogen) atoms. The van der Waals surface area contributed by atoms with E-state index in [4.69, 9.17) is 0 Å². The molecule has 0 radical (unpaired) electrons. The molecule has 0 bridgehead atoms. The van der Waals surface area contributed by atoms with Crippen molar-refractivity contribution in [3.8, 4) is 0 Å². The highest BCUT2D eigenvalue weighted by molar-refractivity contribution is 5.88. The van der Waals surface area contributed by atoms with E-state index in [-0.39, 0.29) is 11.6 Å². The molecule has 0 spiro atoms. The predicted octanol–water partition coefficient (Wildman–Crippen LogP) is 2.08. The summed E-state index contributed by atoms with van der Waals surface area (Å²) in [4.78, 5) is 15.3. The second-order valence-corrected chi connectivity index (χ2v) is 4.45. The third-order valence-electron chi connectivity index (χ3n) is 3.26. The molecule has 0 saturated carbocycles. The zero-order valence-corrected chi connectivity index (χ0v) is 11.7. The zero-order chi connectivity index (χ0) is 14.3. The van der Waals surface area contributed by atoms with Crippen LogP contribution in [-0.2, 0) is 4.74 Å². The van der Waals surface area contributed by atoms with E-state index in [2.05, 4.69) is 28.9 Å². The first-order valence-electron chi connectivity index (χ1n) is 6.58. The summed E-state index contributed by atoms with van der Waals surface area (Å²) >= 11 is 0. The number of ether oxygens (including phenoxy) is 1. The number of hydrogen-bond donors (Lipinski definition) is 2. The molecule has 0 aliphatic rings. The maximum Gasteiger partial charge on any atom is 0.356 e. The summed E-state index contributed by atoms with van der Waals surface area (Å²) in [6.07, 6.45) is 3.04. The normalized spacial score (nSPS) is 12.3. The predicted molar refractivity (Wildman–Crippen MR) is 74.1 cm³/mol. The van der Waals surface area contributed by atoms with E-state index in [0.717, 1.165) is 18.5 Å². The van der Waals surface area contributed by atoms with Crippen molar-refractivity contribution in [1.82, 2.24) is 4.98 Å². The van der Waals surface area contributed by atoms with Gasteiger partial charge in [-0.25, -0.2) is 9.78 Å². The first-order chi connectivity index (χ1) is 9.12. The minimum absolute atomic E-state index is 0.254. The van der Waals surface area contributed by atoms with Gasteiger partial charge in [0.25, 0.3) is 0 Å². The Hall–Kier alpha value is -1.62. The van der Waals surface area contributed by atoms with E-state index in [1.165, 1.54) is 13.3 Å². The second-order valence-electron chi connectivity index (χ2n) is 4.45. The van der Waals surface area contributed by atoms with E-state index in [1.807, 2.05) is 0 Å². The van der Waals surface area contributed by atoms with E-state index in [0.29, 0.717) is 6.54 Å². The molecule has 0 aliphatic heterocycles. The Labute approximate surface area is 114 Å². The number of aromatic nitrogens is 1. The number of rotatable bonds is 7. The summed E-state index contributed by atoms with van der Waals surface area (Å²) in [6.45, 7) is 4.59. The number of anilines is 1. The second kappa shape index (κ2) is 7.74. The SMILES string of the molecule is CCC(CC)C(O)CNc1ccnc(C(=O)OC)c1. The quantitative estimate of drug-likeness (QED) is 0.739. The van der Waals surface area contributed by atoms with Crippen molar-refractivity contribution >= 4 is 11.7 Å². The van der Waals surface area contributed by atoms with Gasteiger partial charge in [-0.1, -0.05) is 26.7 Å². The van der Waals surface area contributed by atoms with Crippen LogP contribution in [0.5, 0.6) is 0 Å². The molecule has 0 fully saturated rings. The molecule has 106 valence electrons. The molecule has 1 aromatic heterocycles. The Balaban J connectivity index is 2.60.